The summed E-state index contributed by atoms with van der Waals surface area (Å²) < 4.78 is 5.73. The van der Waals surface area contributed by atoms with Gasteiger partial charge in [-0.2, -0.15) is 0 Å². The van der Waals surface area contributed by atoms with E-state index in [1.54, 1.807) is 17.2 Å². The maximum Gasteiger partial charge on any atom is 0.308 e. The number of fused-ring (bicyclic) bond motifs is 1. The topological polar surface area (TPSA) is 120 Å². The number of hydrogen-bond acceptors (Lipinski definition) is 6. The molecule has 8 nitrogen and oxygen atoms in total. The molecule has 3 atom stereocenters. The number of hydrogen-bond donors (Lipinski definition) is 3. The van der Waals surface area contributed by atoms with E-state index in [9.17, 15) is 19.8 Å². The Morgan fingerprint density at radius 3 is 2.70 bits per heavy atom. The van der Waals surface area contributed by atoms with E-state index < -0.39 is 29.9 Å². The number of carboxylic acids is 2. The summed E-state index contributed by atoms with van der Waals surface area (Å²) in [6.45, 7) is 0.793. The van der Waals surface area contributed by atoms with E-state index >= 15 is 0 Å². The number of nitrogens with zero attached hydrogens (tertiary/aromatic N) is 2. The lowest BCUT2D eigenvalue weighted by Gasteiger charge is -2.35. The quantitative estimate of drug-likeness (QED) is 0.659. The highest BCUT2D eigenvalue weighted by Crippen LogP contribution is 2.26. The molecule has 1 aromatic carbocycles. The lowest BCUT2D eigenvalue weighted by Crippen LogP contribution is -2.49. The van der Waals surface area contributed by atoms with Gasteiger partial charge < -0.3 is 20.1 Å². The Kier molecular flexibility index (Phi) is 5.88. The molecule has 1 aliphatic rings. The molecule has 1 aliphatic heterocycles. The highest BCUT2D eigenvalue weighted by molar-refractivity contribution is 5.84. The minimum atomic E-state index is -1.12. The predicted octanol–water partition coefficient (Wildman–Crippen LogP) is 1.08. The van der Waals surface area contributed by atoms with E-state index in [1.807, 2.05) is 24.3 Å². The first-order valence-corrected chi connectivity index (χ1v) is 8.78. The number of rotatable bonds is 7. The summed E-state index contributed by atoms with van der Waals surface area (Å²) in [7, 11) is 0. The van der Waals surface area contributed by atoms with Gasteiger partial charge in [0.05, 0.1) is 17.4 Å². The molecule has 8 heteroatoms. The number of aliphatic hydroxyl groups is 1. The molecule has 2 unspecified atom stereocenters. The molecule has 1 aromatic heterocycles. The lowest BCUT2D eigenvalue weighted by atomic mass is 9.85. The number of aromatic nitrogens is 1. The first-order chi connectivity index (χ1) is 13.0. The van der Waals surface area contributed by atoms with Crippen molar-refractivity contribution in [2.24, 2.45) is 11.8 Å². The fourth-order valence-electron chi connectivity index (χ4n) is 3.47. The van der Waals surface area contributed by atoms with Crippen molar-refractivity contribution >= 4 is 22.8 Å². The zero-order valence-electron chi connectivity index (χ0n) is 14.7. The number of pyridine rings is 1. The normalized spacial score (nSPS) is 21.7. The summed E-state index contributed by atoms with van der Waals surface area (Å²) >= 11 is 0. The third kappa shape index (κ3) is 4.53. The lowest BCUT2D eigenvalue weighted by molar-refractivity contribution is -0.157. The van der Waals surface area contributed by atoms with Gasteiger partial charge in [0, 0.05) is 24.7 Å². The molecule has 1 fully saturated rings. The molecule has 1 saturated heterocycles. The second-order valence-corrected chi connectivity index (χ2v) is 6.73. The fraction of sp³-hybridized carbons (Fsp3) is 0.421. The molecule has 0 spiro atoms. The minimum absolute atomic E-state index is 0.0462. The number of benzene rings is 1. The monoisotopic (exact) mass is 374 g/mol. The highest BCUT2D eigenvalue weighted by Gasteiger charge is 2.39. The molecule has 144 valence electrons. The Morgan fingerprint density at radius 1 is 1.19 bits per heavy atom. The van der Waals surface area contributed by atoms with Gasteiger partial charge >= 0.3 is 11.9 Å². The summed E-state index contributed by atoms with van der Waals surface area (Å²) in [6.07, 6.45) is 1.11. The van der Waals surface area contributed by atoms with Crippen LogP contribution in [0.4, 0.5) is 0 Å². The molecule has 2 aromatic rings. The molecule has 3 N–H and O–H groups in total. The largest absolute Gasteiger partial charge is 0.490 e. The zero-order chi connectivity index (χ0) is 19.4. The van der Waals surface area contributed by atoms with E-state index in [2.05, 4.69) is 4.98 Å². The smallest absolute Gasteiger partial charge is 0.308 e. The van der Waals surface area contributed by atoms with Crippen molar-refractivity contribution < 1.29 is 29.6 Å². The number of piperidine rings is 1. The van der Waals surface area contributed by atoms with Gasteiger partial charge in [-0.05, 0) is 37.2 Å². The number of carbonyl (C=O) groups is 2. The van der Waals surface area contributed by atoms with Crippen LogP contribution in [0, 0.1) is 11.8 Å². The van der Waals surface area contributed by atoms with Crippen LogP contribution in [-0.4, -0.2) is 69.5 Å². The highest BCUT2D eigenvalue weighted by atomic mass is 16.5. The van der Waals surface area contributed by atoms with E-state index in [1.165, 1.54) is 0 Å². The van der Waals surface area contributed by atoms with E-state index in [0.29, 0.717) is 12.3 Å². The number of ether oxygens (including phenoxy) is 1. The van der Waals surface area contributed by atoms with Crippen LogP contribution in [0.25, 0.3) is 10.9 Å². The number of aliphatic hydroxyl groups excluding tert-OH is 1. The third-order valence-electron chi connectivity index (χ3n) is 4.84. The fourth-order valence-corrected chi connectivity index (χ4v) is 3.47. The first kappa shape index (κ1) is 19.1. The van der Waals surface area contributed by atoms with Gasteiger partial charge in [-0.3, -0.25) is 19.5 Å². The van der Waals surface area contributed by atoms with Crippen molar-refractivity contribution in [1.29, 1.82) is 0 Å². The molecule has 27 heavy (non-hydrogen) atoms. The summed E-state index contributed by atoms with van der Waals surface area (Å²) in [4.78, 5) is 28.6. The average molecular weight is 374 g/mol. The van der Waals surface area contributed by atoms with Crippen molar-refractivity contribution in [3.63, 3.8) is 0 Å². The van der Waals surface area contributed by atoms with Gasteiger partial charge in [0.1, 0.15) is 18.5 Å². The van der Waals surface area contributed by atoms with Crippen LogP contribution in [-0.2, 0) is 9.59 Å². The maximum absolute atomic E-state index is 11.4. The molecular weight excluding hydrogens is 352 g/mol. The maximum atomic E-state index is 11.4. The van der Waals surface area contributed by atoms with Gasteiger partial charge in [0.15, 0.2) is 0 Å². The van der Waals surface area contributed by atoms with Crippen LogP contribution >= 0.6 is 0 Å². The van der Waals surface area contributed by atoms with Crippen molar-refractivity contribution in [1.82, 2.24) is 9.88 Å². The standard InChI is InChI=1S/C19H22N2O6/c22-12(9-21-8-6-13(18(23)24)15(10-21)19(25)26)11-27-17-5-1-4-16-14(17)3-2-7-20-16/h1-5,7,12-13,15,22H,6,8-11H2,(H,23,24)(H,25,26)/t12-,13?,15?/m1/s1. The molecule has 0 bridgehead atoms. The SMILES string of the molecule is O=C(O)C1CCN(C[C@@H](O)COc2cccc3ncccc23)CC1C(=O)O. The summed E-state index contributed by atoms with van der Waals surface area (Å²) in [5.74, 6) is -3.46. The first-order valence-electron chi connectivity index (χ1n) is 8.78. The molecule has 0 amide bonds. The van der Waals surface area contributed by atoms with E-state index in [0.717, 1.165) is 10.9 Å². The van der Waals surface area contributed by atoms with Crippen LogP contribution in [0.3, 0.4) is 0 Å². The summed E-state index contributed by atoms with van der Waals surface area (Å²) in [5, 5.41) is 29.6. The molecule has 2 heterocycles. The van der Waals surface area contributed by atoms with Crippen LogP contribution in [0.15, 0.2) is 36.5 Å². The number of carboxylic acid groups (broad SMARTS) is 2. The van der Waals surface area contributed by atoms with Crippen molar-refractivity contribution in [2.75, 3.05) is 26.2 Å². The Bertz CT molecular complexity index is 821. The third-order valence-corrected chi connectivity index (χ3v) is 4.84. The second kappa shape index (κ2) is 8.32. The van der Waals surface area contributed by atoms with E-state index in [4.69, 9.17) is 9.84 Å². The molecule has 3 rings (SSSR count). The Balaban J connectivity index is 1.57. The Hall–Kier alpha value is -2.71. The minimum Gasteiger partial charge on any atom is -0.490 e. The van der Waals surface area contributed by atoms with Crippen LogP contribution in [0.1, 0.15) is 6.42 Å². The van der Waals surface area contributed by atoms with Crippen LogP contribution in [0.5, 0.6) is 5.75 Å². The zero-order valence-corrected chi connectivity index (χ0v) is 14.7. The van der Waals surface area contributed by atoms with Gasteiger partial charge in [0.2, 0.25) is 0 Å². The van der Waals surface area contributed by atoms with Gasteiger partial charge in [-0.25, -0.2) is 0 Å². The van der Waals surface area contributed by atoms with Crippen molar-refractivity contribution in [3.8, 4) is 5.75 Å². The van der Waals surface area contributed by atoms with Gasteiger partial charge in [-0.1, -0.05) is 6.07 Å². The summed E-state index contributed by atoms with van der Waals surface area (Å²) in [6, 6.07) is 9.19. The number of aliphatic carboxylic acids is 2. The van der Waals surface area contributed by atoms with Crippen molar-refractivity contribution in [3.05, 3.63) is 36.5 Å². The van der Waals surface area contributed by atoms with Crippen molar-refractivity contribution in [2.45, 2.75) is 12.5 Å². The number of β-amino-alcohol motifs (C(OH)–C–C–N with tert-alkyl or cyclic N) is 1. The predicted molar refractivity (Wildman–Crippen MR) is 96.6 cm³/mol. The average Bonchev–Trinajstić information content (AvgIpc) is 2.66. The van der Waals surface area contributed by atoms with E-state index in [-0.39, 0.29) is 26.1 Å². The van der Waals surface area contributed by atoms with Gasteiger partial charge in [-0.15, -0.1) is 0 Å². The Morgan fingerprint density at radius 2 is 1.96 bits per heavy atom. The molecule has 0 saturated carbocycles. The molecule has 0 radical (unpaired) electrons. The van der Waals surface area contributed by atoms with Gasteiger partial charge in [0.25, 0.3) is 0 Å². The van der Waals surface area contributed by atoms with Crippen LogP contribution < -0.4 is 4.74 Å². The second-order valence-electron chi connectivity index (χ2n) is 6.73. The summed E-state index contributed by atoms with van der Waals surface area (Å²) in [5.41, 5.74) is 0.796. The van der Waals surface area contributed by atoms with Crippen LogP contribution in [0.2, 0.25) is 0 Å². The Labute approximate surface area is 156 Å². The number of likely N-dealkylation sites (tertiary alicyclic amines) is 1. The molecule has 0 aliphatic carbocycles. The molecular formula is C19H22N2O6.